The summed E-state index contributed by atoms with van der Waals surface area (Å²) in [4.78, 5) is 31.7. The zero-order valence-corrected chi connectivity index (χ0v) is 14.2. The highest BCUT2D eigenvalue weighted by Gasteiger charge is 2.16. The predicted octanol–water partition coefficient (Wildman–Crippen LogP) is 3.39. The summed E-state index contributed by atoms with van der Waals surface area (Å²) in [5, 5.41) is 9.21. The highest BCUT2D eigenvalue weighted by atomic mass is 19.1. The summed E-state index contributed by atoms with van der Waals surface area (Å²) >= 11 is 0. The van der Waals surface area contributed by atoms with Crippen molar-refractivity contribution >= 4 is 5.97 Å². The SMILES string of the molecule is CC(C)n1cc(-c2ncc(C(=O)O)nc2-c2ccc(F)cc2)ccc1=O. The number of hydrogen-bond acceptors (Lipinski definition) is 4. The second-order valence-corrected chi connectivity index (χ2v) is 6.02. The first-order valence-electron chi connectivity index (χ1n) is 7.95. The average Bonchev–Trinajstić information content (AvgIpc) is 2.62. The molecule has 3 rings (SSSR count). The maximum Gasteiger partial charge on any atom is 0.356 e. The maximum atomic E-state index is 13.3. The van der Waals surface area contributed by atoms with Crippen molar-refractivity contribution in [2.75, 3.05) is 0 Å². The summed E-state index contributed by atoms with van der Waals surface area (Å²) in [7, 11) is 0. The summed E-state index contributed by atoms with van der Waals surface area (Å²) in [6, 6.07) is 8.53. The molecule has 0 aliphatic heterocycles. The van der Waals surface area contributed by atoms with Crippen molar-refractivity contribution in [1.29, 1.82) is 0 Å². The van der Waals surface area contributed by atoms with Gasteiger partial charge in [-0.25, -0.2) is 14.2 Å². The van der Waals surface area contributed by atoms with Gasteiger partial charge in [0.15, 0.2) is 5.69 Å². The average molecular weight is 353 g/mol. The molecule has 0 atom stereocenters. The van der Waals surface area contributed by atoms with Gasteiger partial charge in [-0.3, -0.25) is 9.78 Å². The van der Waals surface area contributed by atoms with Gasteiger partial charge in [0.05, 0.1) is 17.6 Å². The third-order valence-electron chi connectivity index (χ3n) is 3.88. The number of rotatable bonds is 4. The van der Waals surface area contributed by atoms with E-state index >= 15 is 0 Å². The molecule has 0 aliphatic carbocycles. The van der Waals surface area contributed by atoms with Crippen molar-refractivity contribution in [3.05, 3.63) is 70.7 Å². The number of carboxylic acids is 1. The van der Waals surface area contributed by atoms with Gasteiger partial charge < -0.3 is 9.67 Å². The fourth-order valence-electron chi connectivity index (χ4n) is 2.56. The maximum absolute atomic E-state index is 13.3. The van der Waals surface area contributed by atoms with E-state index < -0.39 is 11.8 Å². The van der Waals surface area contributed by atoms with Gasteiger partial charge in [0.2, 0.25) is 0 Å². The van der Waals surface area contributed by atoms with Gasteiger partial charge in [-0.05, 0) is 44.2 Å². The molecule has 2 heterocycles. The number of hydrogen-bond donors (Lipinski definition) is 1. The molecule has 0 aliphatic rings. The summed E-state index contributed by atoms with van der Waals surface area (Å²) in [5.74, 6) is -1.62. The van der Waals surface area contributed by atoms with Crippen LogP contribution in [0.5, 0.6) is 0 Å². The first-order chi connectivity index (χ1) is 12.4. The molecule has 0 spiro atoms. The van der Waals surface area contributed by atoms with Gasteiger partial charge in [0, 0.05) is 29.4 Å². The molecular formula is C19H16FN3O3. The van der Waals surface area contributed by atoms with Crippen LogP contribution in [0.2, 0.25) is 0 Å². The molecule has 0 fully saturated rings. The second kappa shape index (κ2) is 6.87. The van der Waals surface area contributed by atoms with E-state index in [0.717, 1.165) is 6.20 Å². The van der Waals surface area contributed by atoms with Crippen LogP contribution in [-0.2, 0) is 0 Å². The van der Waals surface area contributed by atoms with Crippen LogP contribution in [0.3, 0.4) is 0 Å². The molecule has 0 saturated carbocycles. The van der Waals surface area contributed by atoms with Crippen molar-refractivity contribution in [1.82, 2.24) is 14.5 Å². The highest BCUT2D eigenvalue weighted by Crippen LogP contribution is 2.29. The normalized spacial score (nSPS) is 10.9. The number of nitrogens with zero attached hydrogens (tertiary/aromatic N) is 3. The van der Waals surface area contributed by atoms with Crippen LogP contribution in [0, 0.1) is 5.82 Å². The van der Waals surface area contributed by atoms with Crippen LogP contribution in [0.1, 0.15) is 30.4 Å². The molecule has 2 aromatic heterocycles. The fourth-order valence-corrected chi connectivity index (χ4v) is 2.56. The van der Waals surface area contributed by atoms with Crippen molar-refractivity contribution < 1.29 is 14.3 Å². The largest absolute Gasteiger partial charge is 0.476 e. The Morgan fingerprint density at radius 1 is 1.08 bits per heavy atom. The zero-order valence-electron chi connectivity index (χ0n) is 14.2. The molecule has 0 saturated heterocycles. The molecule has 132 valence electrons. The Labute approximate surface area is 148 Å². The monoisotopic (exact) mass is 353 g/mol. The molecule has 0 radical (unpaired) electrons. The van der Waals surface area contributed by atoms with E-state index in [4.69, 9.17) is 0 Å². The van der Waals surface area contributed by atoms with E-state index in [1.54, 1.807) is 16.8 Å². The lowest BCUT2D eigenvalue weighted by Crippen LogP contribution is -2.20. The quantitative estimate of drug-likeness (QED) is 0.777. The number of pyridine rings is 1. The van der Waals surface area contributed by atoms with E-state index in [2.05, 4.69) is 9.97 Å². The van der Waals surface area contributed by atoms with Gasteiger partial charge in [0.1, 0.15) is 5.82 Å². The number of carbonyl (C=O) groups is 1. The Morgan fingerprint density at radius 2 is 1.73 bits per heavy atom. The van der Waals surface area contributed by atoms with E-state index in [0.29, 0.717) is 22.5 Å². The second-order valence-electron chi connectivity index (χ2n) is 6.02. The Bertz CT molecular complexity index is 1030. The third kappa shape index (κ3) is 3.37. The molecule has 1 aromatic carbocycles. The number of benzene rings is 1. The van der Waals surface area contributed by atoms with Crippen LogP contribution in [0.15, 0.2) is 53.6 Å². The summed E-state index contributed by atoms with van der Waals surface area (Å²) < 4.78 is 14.8. The Morgan fingerprint density at radius 3 is 2.35 bits per heavy atom. The molecule has 1 N–H and O–H groups in total. The van der Waals surface area contributed by atoms with Crippen LogP contribution < -0.4 is 5.56 Å². The van der Waals surface area contributed by atoms with Gasteiger partial charge in [-0.1, -0.05) is 0 Å². The number of halogens is 1. The summed E-state index contributed by atoms with van der Waals surface area (Å²) in [5.41, 5.74) is 1.49. The highest BCUT2D eigenvalue weighted by molar-refractivity contribution is 5.87. The van der Waals surface area contributed by atoms with Crippen LogP contribution in [-0.4, -0.2) is 25.6 Å². The molecule has 0 unspecified atom stereocenters. The van der Waals surface area contributed by atoms with Crippen molar-refractivity contribution in [3.8, 4) is 22.5 Å². The zero-order chi connectivity index (χ0) is 18.8. The van der Waals surface area contributed by atoms with E-state index in [9.17, 15) is 19.1 Å². The van der Waals surface area contributed by atoms with Crippen molar-refractivity contribution in [2.45, 2.75) is 19.9 Å². The summed E-state index contributed by atoms with van der Waals surface area (Å²) in [6.07, 6.45) is 2.82. The standard InChI is InChI=1S/C19H16FN3O3/c1-11(2)23-10-13(5-8-16(23)24)17-18(12-3-6-14(20)7-4-12)22-15(9-21-17)19(25)26/h3-11H,1-2H3,(H,25,26). The summed E-state index contributed by atoms with van der Waals surface area (Å²) in [6.45, 7) is 3.76. The Hall–Kier alpha value is -3.35. The van der Waals surface area contributed by atoms with Gasteiger partial charge in [-0.2, -0.15) is 0 Å². The first-order valence-corrected chi connectivity index (χ1v) is 7.95. The van der Waals surface area contributed by atoms with Crippen LogP contribution in [0.4, 0.5) is 4.39 Å². The topological polar surface area (TPSA) is 85.1 Å². The molecule has 3 aromatic rings. The Balaban J connectivity index is 2.24. The van der Waals surface area contributed by atoms with E-state index in [1.807, 2.05) is 13.8 Å². The smallest absolute Gasteiger partial charge is 0.356 e. The molecule has 6 nitrogen and oxygen atoms in total. The van der Waals surface area contributed by atoms with Gasteiger partial charge in [0.25, 0.3) is 5.56 Å². The predicted molar refractivity (Wildman–Crippen MR) is 94.5 cm³/mol. The lowest BCUT2D eigenvalue weighted by atomic mass is 10.0. The number of aromatic carboxylic acids is 1. The van der Waals surface area contributed by atoms with Crippen molar-refractivity contribution in [3.63, 3.8) is 0 Å². The first kappa shape index (κ1) is 17.5. The third-order valence-corrected chi connectivity index (χ3v) is 3.88. The lowest BCUT2D eigenvalue weighted by Gasteiger charge is -2.13. The van der Waals surface area contributed by atoms with Gasteiger partial charge in [-0.15, -0.1) is 0 Å². The minimum Gasteiger partial charge on any atom is -0.476 e. The van der Waals surface area contributed by atoms with Crippen LogP contribution in [0.25, 0.3) is 22.5 Å². The van der Waals surface area contributed by atoms with E-state index in [-0.39, 0.29) is 17.3 Å². The van der Waals surface area contributed by atoms with Crippen molar-refractivity contribution in [2.24, 2.45) is 0 Å². The van der Waals surface area contributed by atoms with Crippen LogP contribution >= 0.6 is 0 Å². The molecule has 26 heavy (non-hydrogen) atoms. The lowest BCUT2D eigenvalue weighted by molar-refractivity contribution is 0.0690. The minimum atomic E-state index is -1.21. The number of aromatic nitrogens is 3. The number of carboxylic acid groups (broad SMARTS) is 1. The Kier molecular flexibility index (Phi) is 4.62. The molecule has 0 bridgehead atoms. The van der Waals surface area contributed by atoms with Gasteiger partial charge >= 0.3 is 5.97 Å². The van der Waals surface area contributed by atoms with E-state index in [1.165, 1.54) is 30.3 Å². The molecule has 7 heteroatoms. The fraction of sp³-hybridized carbons (Fsp3) is 0.158. The molecule has 0 amide bonds. The molecular weight excluding hydrogens is 337 g/mol. The minimum absolute atomic E-state index is 0.0528.